The minimum Gasteiger partial charge on any atom is -0.326 e. The Bertz CT molecular complexity index is 1200. The largest absolute Gasteiger partial charge is 0.326 e. The number of anilines is 2. The van der Waals surface area contributed by atoms with Gasteiger partial charge in [-0.05, 0) is 47.0 Å². The van der Waals surface area contributed by atoms with Crippen LogP contribution in [0.4, 0.5) is 15.2 Å². The van der Waals surface area contributed by atoms with Crippen molar-refractivity contribution in [2.45, 2.75) is 13.3 Å². The van der Waals surface area contributed by atoms with Crippen molar-refractivity contribution in [3.05, 3.63) is 63.3 Å². The summed E-state index contributed by atoms with van der Waals surface area (Å²) in [5.74, 6) is -0.680. The van der Waals surface area contributed by atoms with Crippen molar-refractivity contribution in [3.8, 4) is 5.69 Å². The highest BCUT2D eigenvalue weighted by Crippen LogP contribution is 2.21. The maximum atomic E-state index is 14.1. The topological polar surface area (TPSA) is 115 Å². The molecule has 3 heterocycles. The number of aryl methyl sites for hydroxylation is 1. The molecule has 30 heavy (non-hydrogen) atoms. The predicted octanol–water partition coefficient (Wildman–Crippen LogP) is 3.06. The molecule has 4 aromatic rings. The minimum atomic E-state index is -0.519. The monoisotopic (exact) mass is 443 g/mol. The molecule has 0 aliphatic rings. The summed E-state index contributed by atoms with van der Waals surface area (Å²) in [5.41, 5.74) is 1.04. The second kappa shape index (κ2) is 8.47. The molecule has 0 atom stereocenters. The summed E-state index contributed by atoms with van der Waals surface area (Å²) in [6.45, 7) is 1.64. The Balaban J connectivity index is 1.40. The van der Waals surface area contributed by atoms with Crippen molar-refractivity contribution in [2.75, 3.05) is 10.6 Å². The lowest BCUT2D eigenvalue weighted by Gasteiger charge is -2.08. The number of benzene rings is 1. The number of nitrogens with one attached hydrogen (secondary N) is 2. The van der Waals surface area contributed by atoms with Crippen LogP contribution in [-0.4, -0.2) is 37.0 Å². The van der Waals surface area contributed by atoms with Crippen LogP contribution in [-0.2, 0) is 11.2 Å². The van der Waals surface area contributed by atoms with Crippen LogP contribution in [0.3, 0.4) is 0 Å². The van der Waals surface area contributed by atoms with Crippen LogP contribution in [0.1, 0.15) is 21.2 Å². The number of tetrazole rings is 1. The normalized spacial score (nSPS) is 10.7. The molecular formula is C18H14FN7O2S2. The van der Waals surface area contributed by atoms with Crippen LogP contribution in [0.25, 0.3) is 5.69 Å². The third-order valence-electron chi connectivity index (χ3n) is 3.94. The Morgan fingerprint density at radius 3 is 2.80 bits per heavy atom. The molecule has 0 radical (unpaired) electrons. The summed E-state index contributed by atoms with van der Waals surface area (Å²) in [4.78, 5) is 29.3. The molecule has 0 fully saturated rings. The number of thiazole rings is 1. The van der Waals surface area contributed by atoms with E-state index in [0.29, 0.717) is 27.2 Å². The summed E-state index contributed by atoms with van der Waals surface area (Å²) in [7, 11) is 0. The van der Waals surface area contributed by atoms with Crippen molar-refractivity contribution < 1.29 is 14.0 Å². The molecule has 0 spiro atoms. The van der Waals surface area contributed by atoms with Crippen LogP contribution in [0.5, 0.6) is 0 Å². The Labute approximate surface area is 177 Å². The van der Waals surface area contributed by atoms with Crippen molar-refractivity contribution in [1.82, 2.24) is 25.2 Å². The van der Waals surface area contributed by atoms with Crippen molar-refractivity contribution in [3.63, 3.8) is 0 Å². The van der Waals surface area contributed by atoms with E-state index in [0.717, 1.165) is 0 Å². The highest BCUT2D eigenvalue weighted by molar-refractivity contribution is 7.14. The van der Waals surface area contributed by atoms with Gasteiger partial charge in [-0.25, -0.2) is 9.37 Å². The Hall–Kier alpha value is -3.51. The maximum absolute atomic E-state index is 14.1. The minimum absolute atomic E-state index is 0.00198. The molecule has 0 bridgehead atoms. The molecule has 3 aromatic heterocycles. The molecule has 4 rings (SSSR count). The maximum Gasteiger partial charge on any atom is 0.267 e. The van der Waals surface area contributed by atoms with Crippen molar-refractivity contribution in [2.24, 2.45) is 0 Å². The van der Waals surface area contributed by atoms with E-state index in [9.17, 15) is 14.0 Å². The van der Waals surface area contributed by atoms with Gasteiger partial charge in [0, 0.05) is 11.1 Å². The number of thiophene rings is 1. The van der Waals surface area contributed by atoms with Gasteiger partial charge < -0.3 is 5.32 Å². The average molecular weight is 443 g/mol. The number of hydrogen-bond donors (Lipinski definition) is 2. The number of aromatic nitrogens is 5. The molecule has 0 unspecified atom stereocenters. The third kappa shape index (κ3) is 4.39. The number of carbonyl (C=O) groups is 2. The Morgan fingerprint density at radius 2 is 2.07 bits per heavy atom. The van der Waals surface area contributed by atoms with Gasteiger partial charge in [-0.3, -0.25) is 14.9 Å². The standard InChI is InChI=1S/C18H14FN7O2S2/c1-10-23-24-25-26(10)14-7-11(4-5-13(14)19)20-16(27)8-12-9-30-18(21-12)22-17(28)15-3-2-6-29-15/h2-7,9H,8H2,1H3,(H,20,27)(H,21,22,28). The summed E-state index contributed by atoms with van der Waals surface area (Å²) in [6, 6.07) is 7.64. The fourth-order valence-electron chi connectivity index (χ4n) is 2.59. The number of amides is 2. The quantitative estimate of drug-likeness (QED) is 0.473. The first kappa shape index (κ1) is 19.8. The summed E-state index contributed by atoms with van der Waals surface area (Å²) in [6.07, 6.45) is 0.00198. The van der Waals surface area contributed by atoms with Crippen molar-refractivity contribution >= 4 is 45.3 Å². The summed E-state index contributed by atoms with van der Waals surface area (Å²) >= 11 is 2.57. The molecule has 2 N–H and O–H groups in total. The first-order valence-corrected chi connectivity index (χ1v) is 10.4. The van der Waals surface area contributed by atoms with E-state index < -0.39 is 5.82 Å². The SMILES string of the molecule is Cc1nnnn1-c1cc(NC(=O)Cc2csc(NC(=O)c3cccs3)n2)ccc1F. The van der Waals surface area contributed by atoms with E-state index in [2.05, 4.69) is 31.1 Å². The number of carbonyl (C=O) groups excluding carboxylic acids is 2. The van der Waals surface area contributed by atoms with Gasteiger partial charge in [0.05, 0.1) is 17.0 Å². The van der Waals surface area contributed by atoms with Gasteiger partial charge in [-0.2, -0.15) is 4.68 Å². The zero-order chi connectivity index (χ0) is 21.1. The molecule has 0 saturated heterocycles. The molecule has 9 nitrogen and oxygen atoms in total. The van der Waals surface area contributed by atoms with Crippen LogP contribution in [0.2, 0.25) is 0 Å². The second-order valence-electron chi connectivity index (χ2n) is 6.10. The van der Waals surface area contributed by atoms with Gasteiger partial charge in [-0.15, -0.1) is 27.8 Å². The fraction of sp³-hybridized carbons (Fsp3) is 0.111. The van der Waals surface area contributed by atoms with Gasteiger partial charge in [0.1, 0.15) is 11.5 Å². The highest BCUT2D eigenvalue weighted by atomic mass is 32.1. The van der Waals surface area contributed by atoms with Gasteiger partial charge in [-0.1, -0.05) is 6.07 Å². The smallest absolute Gasteiger partial charge is 0.267 e. The lowest BCUT2D eigenvalue weighted by Crippen LogP contribution is -2.15. The molecule has 1 aromatic carbocycles. The van der Waals surface area contributed by atoms with Crippen LogP contribution in [0, 0.1) is 12.7 Å². The second-order valence-corrected chi connectivity index (χ2v) is 7.91. The molecule has 0 aliphatic carbocycles. The van der Waals surface area contributed by atoms with E-state index >= 15 is 0 Å². The van der Waals surface area contributed by atoms with Crippen LogP contribution >= 0.6 is 22.7 Å². The van der Waals surface area contributed by atoms with Crippen LogP contribution < -0.4 is 10.6 Å². The molecule has 12 heteroatoms. The molecule has 0 saturated carbocycles. The van der Waals surface area contributed by atoms with Gasteiger partial charge in [0.25, 0.3) is 5.91 Å². The predicted molar refractivity (Wildman–Crippen MR) is 111 cm³/mol. The fourth-order valence-corrected chi connectivity index (χ4v) is 3.91. The third-order valence-corrected chi connectivity index (χ3v) is 5.62. The zero-order valence-electron chi connectivity index (χ0n) is 15.5. The van der Waals surface area contributed by atoms with E-state index in [1.54, 1.807) is 24.4 Å². The first-order chi connectivity index (χ1) is 14.5. The Morgan fingerprint density at radius 1 is 1.20 bits per heavy atom. The van der Waals surface area contributed by atoms with Gasteiger partial charge in [0.15, 0.2) is 11.0 Å². The van der Waals surface area contributed by atoms with E-state index in [4.69, 9.17) is 0 Å². The van der Waals surface area contributed by atoms with Crippen LogP contribution in [0.15, 0.2) is 41.1 Å². The lowest BCUT2D eigenvalue weighted by atomic mass is 10.2. The number of nitrogens with zero attached hydrogens (tertiary/aromatic N) is 5. The highest BCUT2D eigenvalue weighted by Gasteiger charge is 2.14. The molecule has 152 valence electrons. The number of rotatable bonds is 6. The molecule has 2 amide bonds. The van der Waals surface area contributed by atoms with Gasteiger partial charge in [0.2, 0.25) is 5.91 Å². The lowest BCUT2D eigenvalue weighted by molar-refractivity contribution is -0.115. The zero-order valence-corrected chi connectivity index (χ0v) is 17.1. The van der Waals surface area contributed by atoms with E-state index in [1.165, 1.54) is 45.6 Å². The summed E-state index contributed by atoms with van der Waals surface area (Å²) < 4.78 is 15.4. The van der Waals surface area contributed by atoms with E-state index in [1.807, 2.05) is 5.38 Å². The first-order valence-electron chi connectivity index (χ1n) is 8.63. The molecular weight excluding hydrogens is 429 g/mol. The molecule has 0 aliphatic heterocycles. The van der Waals surface area contributed by atoms with Crippen molar-refractivity contribution in [1.29, 1.82) is 0 Å². The summed E-state index contributed by atoms with van der Waals surface area (Å²) in [5, 5.41) is 20.3. The number of halogens is 1. The van der Waals surface area contributed by atoms with E-state index in [-0.39, 0.29) is 23.9 Å². The average Bonchev–Trinajstić information content (AvgIpc) is 3.46. The Kier molecular flexibility index (Phi) is 5.59. The number of hydrogen-bond acceptors (Lipinski definition) is 8. The van der Waals surface area contributed by atoms with Gasteiger partial charge >= 0.3 is 0 Å².